The Labute approximate surface area is 373 Å². The quantitative estimate of drug-likeness (QED) is 0.114. The number of carbonyl (C=O) groups excluding carboxylic acids is 5. The van der Waals surface area contributed by atoms with E-state index in [0.29, 0.717) is 13.0 Å². The minimum absolute atomic E-state index is 0.00903. The molecule has 0 spiro atoms. The molecule has 4 amide bonds. The molecule has 1 saturated heterocycles. The summed E-state index contributed by atoms with van der Waals surface area (Å²) in [6.45, 7) is 16.3. The molecule has 1 aliphatic carbocycles. The van der Waals surface area contributed by atoms with Gasteiger partial charge in [0, 0.05) is 34.2 Å². The average Bonchev–Trinajstić information content (AvgIpc) is 3.76. The highest BCUT2D eigenvalue weighted by Gasteiger charge is 2.43. The van der Waals surface area contributed by atoms with Crippen LogP contribution in [0.25, 0.3) is 0 Å². The van der Waals surface area contributed by atoms with Crippen LogP contribution in [0.2, 0.25) is 0 Å². The predicted molar refractivity (Wildman–Crippen MR) is 244 cm³/mol. The van der Waals surface area contributed by atoms with Crippen LogP contribution in [0.1, 0.15) is 132 Å². The number of esters is 1. The Morgan fingerprint density at radius 1 is 0.806 bits per heavy atom. The molecule has 2 fully saturated rings. The lowest BCUT2D eigenvalue weighted by Crippen LogP contribution is -2.59. The average molecular weight is 870 g/mol. The second-order valence-electron chi connectivity index (χ2n) is 18.9. The smallest absolute Gasteiger partial charge is 0.329 e. The summed E-state index contributed by atoms with van der Waals surface area (Å²) in [6, 6.07) is 6.65. The number of likely N-dealkylation sites (N-methyl/N-ethyl adjacent to an activating group) is 2. The lowest BCUT2D eigenvalue weighted by atomic mass is 9.89. The van der Waals surface area contributed by atoms with Crippen molar-refractivity contribution in [2.24, 2.45) is 29.6 Å². The summed E-state index contributed by atoms with van der Waals surface area (Å²) in [5.41, 5.74) is 0.912. The molecule has 0 unspecified atom stereocenters. The molecule has 1 aliphatic heterocycles. The molecule has 1 aromatic rings. The van der Waals surface area contributed by atoms with E-state index < -0.39 is 54.3 Å². The fourth-order valence-corrected chi connectivity index (χ4v) is 9.61. The van der Waals surface area contributed by atoms with Gasteiger partial charge < -0.3 is 40.0 Å². The van der Waals surface area contributed by atoms with E-state index in [-0.39, 0.29) is 66.2 Å². The van der Waals surface area contributed by atoms with Gasteiger partial charge in [-0.2, -0.15) is 0 Å². The largest absolute Gasteiger partial charge is 0.461 e. The van der Waals surface area contributed by atoms with Crippen LogP contribution in [0, 0.1) is 29.6 Å². The Bertz CT molecular complexity index is 1540. The summed E-state index contributed by atoms with van der Waals surface area (Å²) in [5, 5.41) is 9.11. The van der Waals surface area contributed by atoms with Crippen molar-refractivity contribution < 1.29 is 38.2 Å². The number of benzene rings is 1. The van der Waals surface area contributed by atoms with Gasteiger partial charge in [-0.3, -0.25) is 19.2 Å². The van der Waals surface area contributed by atoms with Crippen molar-refractivity contribution >= 4 is 29.6 Å². The number of hydrogen-bond acceptors (Lipinski definition) is 9. The summed E-state index contributed by atoms with van der Waals surface area (Å²) < 4.78 is 18.4. The zero-order chi connectivity index (χ0) is 46.1. The Morgan fingerprint density at radius 3 is 2.02 bits per heavy atom. The zero-order valence-electron chi connectivity index (χ0n) is 40.2. The first-order chi connectivity index (χ1) is 29.5. The van der Waals surface area contributed by atoms with Gasteiger partial charge in [-0.05, 0) is 68.4 Å². The first kappa shape index (κ1) is 52.8. The number of amides is 4. The number of likely N-dealkylation sites (tertiary alicyclic amines) is 1. The Morgan fingerprint density at radius 2 is 1.44 bits per heavy atom. The summed E-state index contributed by atoms with van der Waals surface area (Å²) in [7, 11) is 6.59. The number of ether oxygens (including phenoxy) is 3. The Hall–Kier alpha value is -3.55. The van der Waals surface area contributed by atoms with Gasteiger partial charge >= 0.3 is 5.97 Å². The third-order valence-corrected chi connectivity index (χ3v) is 13.7. The van der Waals surface area contributed by atoms with Crippen molar-refractivity contribution in [3.8, 4) is 0 Å². The second kappa shape index (κ2) is 26.3. The van der Waals surface area contributed by atoms with Gasteiger partial charge in [0.05, 0.1) is 42.7 Å². The molecule has 1 heterocycles. The lowest BCUT2D eigenvalue weighted by molar-refractivity contribution is -0.157. The van der Waals surface area contributed by atoms with Gasteiger partial charge in [0.2, 0.25) is 23.6 Å². The van der Waals surface area contributed by atoms with Crippen LogP contribution in [-0.2, 0) is 44.6 Å². The normalized spacial score (nSPS) is 22.5. The van der Waals surface area contributed by atoms with Gasteiger partial charge in [-0.1, -0.05) is 118 Å². The van der Waals surface area contributed by atoms with Gasteiger partial charge in [0.25, 0.3) is 0 Å². The molecule has 3 N–H and O–H groups in total. The van der Waals surface area contributed by atoms with E-state index in [1.54, 1.807) is 45.0 Å². The number of nitrogens with zero attached hydrogens (tertiary/aromatic N) is 2. The van der Waals surface area contributed by atoms with Crippen LogP contribution in [0.5, 0.6) is 0 Å². The van der Waals surface area contributed by atoms with Crippen molar-refractivity contribution in [1.82, 2.24) is 25.8 Å². The minimum atomic E-state index is -0.894. The topological polar surface area (TPSA) is 156 Å². The van der Waals surface area contributed by atoms with Crippen LogP contribution in [0.4, 0.5) is 0 Å². The summed E-state index contributed by atoms with van der Waals surface area (Å²) >= 11 is 0. The molecule has 13 heteroatoms. The van der Waals surface area contributed by atoms with Crippen LogP contribution in [-0.4, -0.2) is 123 Å². The van der Waals surface area contributed by atoms with E-state index >= 15 is 0 Å². The Kier molecular flexibility index (Phi) is 22.4. The Balaban J connectivity index is 1.80. The number of nitrogens with one attached hydrogen (secondary N) is 3. The number of rotatable bonds is 22. The maximum Gasteiger partial charge on any atom is 0.329 e. The molecule has 0 aromatic heterocycles. The monoisotopic (exact) mass is 870 g/mol. The molecule has 62 heavy (non-hydrogen) atoms. The fraction of sp³-hybridized carbons (Fsp3) is 0.776. The van der Waals surface area contributed by atoms with Gasteiger partial charge in [-0.15, -0.1) is 0 Å². The van der Waals surface area contributed by atoms with Crippen molar-refractivity contribution in [1.29, 1.82) is 0 Å². The van der Waals surface area contributed by atoms with Crippen molar-refractivity contribution in [2.75, 3.05) is 34.9 Å². The van der Waals surface area contributed by atoms with E-state index in [9.17, 15) is 24.0 Å². The molecule has 13 nitrogen and oxygen atoms in total. The van der Waals surface area contributed by atoms with E-state index in [1.165, 1.54) is 12.8 Å². The molecule has 11 atom stereocenters. The molecule has 352 valence electrons. The van der Waals surface area contributed by atoms with E-state index in [1.807, 2.05) is 71.9 Å². The highest BCUT2D eigenvalue weighted by Crippen LogP contribution is 2.30. The first-order valence-corrected chi connectivity index (χ1v) is 23.6. The van der Waals surface area contributed by atoms with Crippen LogP contribution >= 0.6 is 0 Å². The molecular weight excluding hydrogens is 787 g/mol. The number of hydrogen-bond donors (Lipinski definition) is 3. The molecule has 0 radical (unpaired) electrons. The third kappa shape index (κ3) is 14.8. The fourth-order valence-electron chi connectivity index (χ4n) is 9.61. The molecule has 1 aromatic carbocycles. The van der Waals surface area contributed by atoms with Crippen molar-refractivity contribution in [3.63, 3.8) is 0 Å². The standard InChI is InChI=1S/C49H83N5O8/c1-13-33(6)44(53(10)48(58)43(32(4)5)52-47(57)42(50-9)31(2)3)40(60-11)30-41(55)54-28-22-26-38(54)45(61-12)35(8)46(56)51-37(29-36-24-19-17-20-25-36)49(59)62-39-27-21-16-14-15-18-23-34(39)7/h17,19-20,24-25,31-35,37-40,42-45,50H,13-16,18,21-23,26-30H2,1-12H3,(H,51,56)(H,52,57)/t33-,34+,35+,37-,38-,39-,40+,42-,43-,44-,45+/m0/s1. The molecule has 3 rings (SSSR count). The highest BCUT2D eigenvalue weighted by atomic mass is 16.5. The third-order valence-electron chi connectivity index (χ3n) is 13.7. The van der Waals surface area contributed by atoms with Crippen LogP contribution in [0.15, 0.2) is 30.3 Å². The maximum absolute atomic E-state index is 14.4. The van der Waals surface area contributed by atoms with Gasteiger partial charge in [-0.25, -0.2) is 4.79 Å². The number of carbonyl (C=O) groups is 5. The lowest BCUT2D eigenvalue weighted by Gasteiger charge is -2.41. The van der Waals surface area contributed by atoms with Crippen molar-refractivity contribution in [2.45, 2.75) is 181 Å². The second-order valence-corrected chi connectivity index (χ2v) is 18.9. The summed E-state index contributed by atoms with van der Waals surface area (Å²) in [5.74, 6) is -2.07. The van der Waals surface area contributed by atoms with Crippen molar-refractivity contribution in [3.05, 3.63) is 35.9 Å². The zero-order valence-corrected chi connectivity index (χ0v) is 40.2. The first-order valence-electron chi connectivity index (χ1n) is 23.6. The summed E-state index contributed by atoms with van der Waals surface area (Å²) in [4.78, 5) is 73.7. The van der Waals surface area contributed by atoms with Gasteiger partial charge in [0.1, 0.15) is 18.2 Å². The van der Waals surface area contributed by atoms with Gasteiger partial charge in [0.15, 0.2) is 0 Å². The molecular formula is C49H83N5O8. The van der Waals surface area contributed by atoms with Crippen LogP contribution in [0.3, 0.4) is 0 Å². The molecule has 1 saturated carbocycles. The van der Waals surface area contributed by atoms with E-state index in [0.717, 1.165) is 50.5 Å². The highest BCUT2D eigenvalue weighted by molar-refractivity contribution is 5.90. The number of methoxy groups -OCH3 is 2. The summed E-state index contributed by atoms with van der Waals surface area (Å²) in [6.07, 6.45) is 8.36. The van der Waals surface area contributed by atoms with Crippen LogP contribution < -0.4 is 16.0 Å². The molecule has 0 bridgehead atoms. The maximum atomic E-state index is 14.4. The van der Waals surface area contributed by atoms with E-state index in [4.69, 9.17) is 14.2 Å². The predicted octanol–water partition coefficient (Wildman–Crippen LogP) is 6.31. The molecule has 2 aliphatic rings. The van der Waals surface area contributed by atoms with E-state index in [2.05, 4.69) is 22.9 Å². The SMILES string of the molecule is CC[C@H](C)[C@@H]([C@@H](CC(=O)N1CCC[C@H]1[C@H](OC)[C@@H](C)C(=O)N[C@@H](Cc1ccccc1)C(=O)O[C@H]1CCCCCCC[C@H]1C)OC)N(C)C(=O)[C@@H](NC(=O)[C@@H](NC)C(C)C)C(C)C. The minimum Gasteiger partial charge on any atom is -0.461 e.